The largest absolute Gasteiger partial charge is 1.00 e. The zero-order valence-electron chi connectivity index (χ0n) is 28.1. The van der Waals surface area contributed by atoms with Crippen LogP contribution in [0, 0.1) is 7.43 Å². The van der Waals surface area contributed by atoms with Gasteiger partial charge in [0.15, 0.2) is 5.78 Å². The van der Waals surface area contributed by atoms with Gasteiger partial charge in [-0.25, -0.2) is 0 Å². The first-order valence-corrected chi connectivity index (χ1v) is 16.2. The van der Waals surface area contributed by atoms with Crippen LogP contribution in [0.2, 0.25) is 0 Å². The van der Waals surface area contributed by atoms with Crippen LogP contribution in [0.15, 0.2) is 18.2 Å². The second-order valence-corrected chi connectivity index (χ2v) is 11.5. The van der Waals surface area contributed by atoms with E-state index in [4.69, 9.17) is 5.11 Å². The fraction of sp³-hybridized carbons (Fsp3) is 0.688. The molecule has 0 bridgehead atoms. The quantitative estimate of drug-likeness (QED) is 0.0294. The Morgan fingerprint density at radius 1 is 0.667 bits per heavy atom. The number of carboxylic acids is 1. The minimum atomic E-state index is -1.78. The summed E-state index contributed by atoms with van der Waals surface area (Å²) in [5.41, 5.74) is 0.393. The second kappa shape index (κ2) is 29.5. The molecule has 7 N–H and O–H groups in total. The van der Waals surface area contributed by atoms with Gasteiger partial charge < -0.3 is 43.3 Å². The summed E-state index contributed by atoms with van der Waals surface area (Å²) in [6.45, 7) is 0.603. The summed E-state index contributed by atoms with van der Waals surface area (Å²) in [7, 11) is -1.92. The summed E-state index contributed by atoms with van der Waals surface area (Å²) < 4.78 is 0. The number of carbonyl (C=O) groups is 3. The smallest absolute Gasteiger partial charge is 0.480 e. The molecule has 0 aromatic heterocycles. The molecule has 0 saturated heterocycles. The van der Waals surface area contributed by atoms with Crippen molar-refractivity contribution in [3.8, 4) is 0 Å². The number of benzene rings is 1. The summed E-state index contributed by atoms with van der Waals surface area (Å²) in [6, 6.07) is 3.52. The number of hydrogen-bond donors (Lipinski definition) is 7. The molecule has 0 aliphatic heterocycles. The molecule has 1 atom stereocenters. The van der Waals surface area contributed by atoms with Gasteiger partial charge in [-0.1, -0.05) is 95.2 Å². The number of unbranched alkanes of at least 4 members (excludes halogenated alkanes) is 14. The van der Waals surface area contributed by atoms with Crippen molar-refractivity contribution in [3.63, 3.8) is 0 Å². The number of likely N-dealkylation sites (N-methyl/N-ethyl adjacent to an activating group) is 1. The van der Waals surface area contributed by atoms with Crippen LogP contribution in [0.25, 0.3) is 0 Å². The summed E-state index contributed by atoms with van der Waals surface area (Å²) >= 11 is 0. The van der Waals surface area contributed by atoms with E-state index in [0.29, 0.717) is 25.8 Å². The first-order chi connectivity index (χ1) is 20.6. The van der Waals surface area contributed by atoms with Gasteiger partial charge in [0.1, 0.15) is 6.04 Å². The number of amides is 1. The first kappa shape index (κ1) is 46.5. The Balaban J connectivity index is 0. The summed E-state index contributed by atoms with van der Waals surface area (Å²) in [4.78, 5) is 35.4. The molecule has 1 rings (SSSR count). The fourth-order valence-electron chi connectivity index (χ4n) is 5.15. The monoisotopic (exact) mass is 658 g/mol. The zero-order chi connectivity index (χ0) is 31.9. The number of carboxylic acid groups (broad SMARTS) is 1. The summed E-state index contributed by atoms with van der Waals surface area (Å²) in [5.74, 6) is -0.895. The summed E-state index contributed by atoms with van der Waals surface area (Å²) in [6.07, 6.45) is 18.7. The topological polar surface area (TPSA) is 176 Å². The number of Topliss-reactive ketones (excluding diaryl/α,β-unsaturated/α-hetero) is 1. The van der Waals surface area contributed by atoms with Gasteiger partial charge >= 0.3 is 71.6 Å². The van der Waals surface area contributed by atoms with Gasteiger partial charge in [0.2, 0.25) is 5.91 Å². The molecular weight excluding hydrogens is 601 g/mol. The van der Waals surface area contributed by atoms with Crippen LogP contribution in [0.5, 0.6) is 0 Å². The van der Waals surface area contributed by atoms with Crippen LogP contribution in [-0.4, -0.2) is 76.7 Å². The minimum Gasteiger partial charge on any atom is -0.480 e. The van der Waals surface area contributed by atoms with Gasteiger partial charge in [-0.15, -0.1) is 0 Å². The van der Waals surface area contributed by atoms with Crippen molar-refractivity contribution in [1.82, 2.24) is 10.6 Å². The molecule has 1 aromatic rings. The van der Waals surface area contributed by atoms with Crippen molar-refractivity contribution in [3.05, 3.63) is 31.2 Å². The van der Waals surface area contributed by atoms with E-state index in [9.17, 15) is 34.5 Å². The molecule has 250 valence electrons. The Morgan fingerprint density at radius 3 is 1.49 bits per heavy atom. The van der Waals surface area contributed by atoms with Crippen LogP contribution < -0.4 is 72.9 Å². The van der Waals surface area contributed by atoms with E-state index < -0.39 is 26.2 Å². The molecule has 0 unspecified atom stereocenters. The molecule has 0 fully saturated rings. The average molecular weight is 659 g/mol. The maximum absolute atomic E-state index is 12.5. The molecule has 45 heavy (non-hydrogen) atoms. The van der Waals surface area contributed by atoms with Gasteiger partial charge in [0.25, 0.3) is 0 Å². The standard InChI is InChI=1S/C31H54B2N2O8.CH3.K/c1-34-28(31(38)39)18-16-17-21-35-30(37)20-15-13-11-9-7-5-3-2-4-6-8-10-12-14-19-29(36)25-22-26(32(40)41)24-27(23-25)33(42)43;;/h22-24,28,34,40-43H,2-21H2,1H3,(H,35,37)(H,38,39);1H3;/q;-1;+1/t28-;;/m0../s1. The van der Waals surface area contributed by atoms with Crippen molar-refractivity contribution in [2.45, 2.75) is 128 Å². The number of hydrogen-bond acceptors (Lipinski definition) is 8. The Hall–Kier alpha value is -0.604. The third-order valence-electron chi connectivity index (χ3n) is 7.84. The maximum Gasteiger partial charge on any atom is 1.00 e. The number of ketones is 1. The molecule has 0 spiro atoms. The van der Waals surface area contributed by atoms with Crippen LogP contribution in [-0.2, 0) is 9.59 Å². The van der Waals surface area contributed by atoms with E-state index >= 15 is 0 Å². The maximum atomic E-state index is 12.5. The minimum absolute atomic E-state index is 0. The van der Waals surface area contributed by atoms with Gasteiger partial charge in [-0.05, 0) is 50.1 Å². The van der Waals surface area contributed by atoms with Crippen molar-refractivity contribution in [2.75, 3.05) is 13.6 Å². The molecule has 1 aromatic carbocycles. The van der Waals surface area contributed by atoms with Crippen molar-refractivity contribution >= 4 is 42.8 Å². The molecule has 13 heteroatoms. The van der Waals surface area contributed by atoms with Gasteiger partial charge in [0, 0.05) is 24.9 Å². The molecule has 0 radical (unpaired) electrons. The molecular formula is C32H57B2KN2O8. The summed E-state index contributed by atoms with van der Waals surface area (Å²) in [5, 5.41) is 52.2. The molecule has 10 nitrogen and oxygen atoms in total. The molecule has 0 aliphatic rings. The van der Waals surface area contributed by atoms with Crippen LogP contribution in [0.4, 0.5) is 0 Å². The van der Waals surface area contributed by atoms with Gasteiger partial charge in [-0.3, -0.25) is 14.4 Å². The van der Waals surface area contributed by atoms with Gasteiger partial charge in [0.05, 0.1) is 0 Å². The van der Waals surface area contributed by atoms with E-state index in [-0.39, 0.29) is 87.0 Å². The second-order valence-electron chi connectivity index (χ2n) is 11.5. The average Bonchev–Trinajstić information content (AvgIpc) is 2.98. The van der Waals surface area contributed by atoms with E-state index in [2.05, 4.69) is 10.6 Å². The Morgan fingerprint density at radius 2 is 1.09 bits per heavy atom. The Kier molecular flexibility index (Phi) is 30.5. The number of rotatable bonds is 27. The van der Waals surface area contributed by atoms with Gasteiger partial charge in [-0.2, -0.15) is 0 Å². The van der Waals surface area contributed by atoms with Crippen molar-refractivity contribution in [2.24, 2.45) is 0 Å². The number of carbonyl (C=O) groups excluding carboxylic acids is 2. The molecule has 0 heterocycles. The Bertz CT molecular complexity index is 914. The molecule has 1 amide bonds. The van der Waals surface area contributed by atoms with E-state index in [1.165, 1.54) is 63.1 Å². The fourth-order valence-corrected chi connectivity index (χ4v) is 5.15. The van der Waals surface area contributed by atoms with Crippen molar-refractivity contribution < 1.29 is 91.0 Å². The van der Waals surface area contributed by atoms with E-state index in [0.717, 1.165) is 57.8 Å². The van der Waals surface area contributed by atoms with Crippen molar-refractivity contribution in [1.29, 1.82) is 0 Å². The van der Waals surface area contributed by atoms with Crippen LogP contribution in [0.1, 0.15) is 132 Å². The first-order valence-electron chi connectivity index (χ1n) is 16.2. The normalized spacial score (nSPS) is 11.2. The predicted octanol–water partition coefficient (Wildman–Crippen LogP) is -0.116. The zero-order valence-corrected chi connectivity index (χ0v) is 31.2. The van der Waals surface area contributed by atoms with Crippen LogP contribution in [0.3, 0.4) is 0 Å². The number of aliphatic carboxylic acids is 1. The third kappa shape index (κ3) is 23.4. The number of nitrogens with one attached hydrogen (secondary N) is 2. The third-order valence-corrected chi connectivity index (χ3v) is 7.84. The SMILES string of the molecule is CN[C@@H](CCCCNC(=O)CCCCCCCCCCCCCCCCC(=O)c1cc(B(O)O)cc(B(O)O)c1)C(=O)O.[CH3-].[K+]. The van der Waals surface area contributed by atoms with E-state index in [1.807, 2.05) is 0 Å². The van der Waals surface area contributed by atoms with Crippen LogP contribution >= 0.6 is 0 Å². The van der Waals surface area contributed by atoms with E-state index in [1.54, 1.807) is 7.05 Å². The molecule has 0 aliphatic carbocycles. The predicted molar refractivity (Wildman–Crippen MR) is 178 cm³/mol. The Labute approximate surface area is 314 Å². The molecule has 0 saturated carbocycles.